The predicted molar refractivity (Wildman–Crippen MR) is 130 cm³/mol. The van der Waals surface area contributed by atoms with Crippen LogP contribution in [-0.4, -0.2) is 33.2 Å². The number of H-pyrrole nitrogens is 1. The fourth-order valence-electron chi connectivity index (χ4n) is 4.80. The number of halogens is 5. The van der Waals surface area contributed by atoms with E-state index < -0.39 is 23.7 Å². The molecule has 2 N–H and O–H groups in total. The van der Waals surface area contributed by atoms with E-state index in [4.69, 9.17) is 16.7 Å². The van der Waals surface area contributed by atoms with Gasteiger partial charge in [-0.1, -0.05) is 35.9 Å². The van der Waals surface area contributed by atoms with Crippen LogP contribution in [0.4, 0.5) is 23.5 Å². The molecule has 36 heavy (non-hydrogen) atoms. The molecule has 4 aromatic rings. The Labute approximate surface area is 209 Å². The van der Waals surface area contributed by atoms with Crippen LogP contribution in [0.5, 0.6) is 0 Å². The zero-order chi connectivity index (χ0) is 25.4. The zero-order valence-electron chi connectivity index (χ0n) is 19.1. The zero-order valence-corrected chi connectivity index (χ0v) is 19.9. The van der Waals surface area contributed by atoms with Gasteiger partial charge in [0.1, 0.15) is 11.5 Å². The summed E-state index contributed by atoms with van der Waals surface area (Å²) in [4.78, 5) is 13.0. The van der Waals surface area contributed by atoms with Gasteiger partial charge in [0.2, 0.25) is 5.95 Å². The second kappa shape index (κ2) is 9.71. The number of rotatable bonds is 6. The van der Waals surface area contributed by atoms with Crippen LogP contribution < -0.4 is 4.90 Å². The molecule has 0 amide bonds. The Balaban J connectivity index is 1.61. The first kappa shape index (κ1) is 24.5. The summed E-state index contributed by atoms with van der Waals surface area (Å²) in [5, 5.41) is 9.82. The maximum Gasteiger partial charge on any atom is 0.433 e. The average molecular weight is 519 g/mol. The molecular weight excluding hydrogens is 496 g/mol. The van der Waals surface area contributed by atoms with Gasteiger partial charge in [-0.05, 0) is 60.6 Å². The third-order valence-electron chi connectivity index (χ3n) is 6.53. The lowest BCUT2D eigenvalue weighted by atomic mass is 9.91. The molecule has 2 aromatic carbocycles. The highest BCUT2D eigenvalue weighted by molar-refractivity contribution is 6.31. The van der Waals surface area contributed by atoms with Crippen molar-refractivity contribution >= 4 is 28.5 Å². The predicted octanol–water partition coefficient (Wildman–Crippen LogP) is 6.24. The van der Waals surface area contributed by atoms with E-state index in [2.05, 4.69) is 15.0 Å². The van der Waals surface area contributed by atoms with Crippen LogP contribution in [0.3, 0.4) is 0 Å². The Morgan fingerprint density at radius 3 is 2.61 bits per heavy atom. The number of alkyl halides is 3. The summed E-state index contributed by atoms with van der Waals surface area (Å²) in [6, 6.07) is 11.1. The number of aliphatic hydroxyl groups is 1. The van der Waals surface area contributed by atoms with Crippen molar-refractivity contribution < 1.29 is 22.7 Å². The number of anilines is 1. The molecule has 0 aliphatic carbocycles. The summed E-state index contributed by atoms with van der Waals surface area (Å²) in [6.07, 6.45) is -0.624. The number of aliphatic hydroxyl groups excluding tert-OH is 1. The molecule has 0 saturated heterocycles. The van der Waals surface area contributed by atoms with E-state index in [1.165, 1.54) is 6.07 Å². The molecule has 5 nitrogen and oxygen atoms in total. The van der Waals surface area contributed by atoms with E-state index >= 15 is 0 Å². The van der Waals surface area contributed by atoms with Gasteiger partial charge in [0.15, 0.2) is 0 Å². The van der Waals surface area contributed by atoms with Crippen LogP contribution in [0, 0.1) is 5.82 Å². The molecule has 1 atom stereocenters. The highest BCUT2D eigenvalue weighted by atomic mass is 35.5. The summed E-state index contributed by atoms with van der Waals surface area (Å²) in [6.45, 7) is 0.499. The molecule has 188 valence electrons. The van der Waals surface area contributed by atoms with Crippen molar-refractivity contribution in [3.05, 3.63) is 87.6 Å². The summed E-state index contributed by atoms with van der Waals surface area (Å²) in [7, 11) is 0. The summed E-state index contributed by atoms with van der Waals surface area (Å²) >= 11 is 6.05. The van der Waals surface area contributed by atoms with Crippen molar-refractivity contribution in [1.82, 2.24) is 15.0 Å². The maximum absolute atomic E-state index is 14.2. The van der Waals surface area contributed by atoms with Crippen molar-refractivity contribution in [2.75, 3.05) is 18.1 Å². The number of nitrogens with one attached hydrogen (secondary N) is 1. The minimum atomic E-state index is -4.60. The van der Waals surface area contributed by atoms with Crippen molar-refractivity contribution in [2.24, 2.45) is 0 Å². The lowest BCUT2D eigenvalue weighted by molar-refractivity contribution is -0.141. The van der Waals surface area contributed by atoms with E-state index in [0.29, 0.717) is 24.9 Å². The fourth-order valence-corrected chi connectivity index (χ4v) is 4.96. The Kier molecular flexibility index (Phi) is 6.61. The van der Waals surface area contributed by atoms with Gasteiger partial charge in [0, 0.05) is 35.9 Å². The number of benzene rings is 2. The Hall–Kier alpha value is -3.17. The topological polar surface area (TPSA) is 65.0 Å². The van der Waals surface area contributed by atoms with Crippen molar-refractivity contribution in [2.45, 2.75) is 37.9 Å². The Bertz CT molecular complexity index is 1390. The van der Waals surface area contributed by atoms with Crippen LogP contribution in [0.25, 0.3) is 10.9 Å². The second-order valence-corrected chi connectivity index (χ2v) is 9.24. The number of aryl methyl sites for hydroxylation is 1. The van der Waals surface area contributed by atoms with E-state index in [-0.39, 0.29) is 17.6 Å². The van der Waals surface area contributed by atoms with Crippen molar-refractivity contribution in [3.63, 3.8) is 0 Å². The number of hydrogen-bond donors (Lipinski definition) is 2. The summed E-state index contributed by atoms with van der Waals surface area (Å²) < 4.78 is 54.4. The third kappa shape index (κ3) is 4.65. The quantitative estimate of drug-likeness (QED) is 0.234. The lowest BCUT2D eigenvalue weighted by Crippen LogP contribution is -2.37. The molecule has 1 unspecified atom stereocenters. The smallest absolute Gasteiger partial charge is 0.396 e. The lowest BCUT2D eigenvalue weighted by Gasteiger charge is -2.36. The summed E-state index contributed by atoms with van der Waals surface area (Å²) in [5.74, 6) is -0.583. The van der Waals surface area contributed by atoms with Gasteiger partial charge in [0.25, 0.3) is 0 Å². The molecule has 0 spiro atoms. The number of aromatic nitrogens is 3. The van der Waals surface area contributed by atoms with E-state index in [1.807, 2.05) is 24.3 Å². The van der Waals surface area contributed by atoms with Gasteiger partial charge in [-0.25, -0.2) is 14.4 Å². The van der Waals surface area contributed by atoms with Gasteiger partial charge in [-0.3, -0.25) is 0 Å². The first-order valence-electron chi connectivity index (χ1n) is 11.6. The first-order valence-corrected chi connectivity index (χ1v) is 12.0. The van der Waals surface area contributed by atoms with Gasteiger partial charge < -0.3 is 15.0 Å². The molecule has 1 aliphatic rings. The number of aromatic amines is 1. The van der Waals surface area contributed by atoms with E-state index in [0.717, 1.165) is 52.9 Å². The normalized spacial score (nSPS) is 15.9. The molecule has 10 heteroatoms. The molecule has 0 radical (unpaired) electrons. The minimum Gasteiger partial charge on any atom is -0.396 e. The molecule has 5 rings (SSSR count). The molecule has 0 fully saturated rings. The molecule has 0 saturated carbocycles. The highest BCUT2D eigenvalue weighted by Crippen LogP contribution is 2.41. The Morgan fingerprint density at radius 1 is 1.11 bits per heavy atom. The number of nitrogens with zero attached hydrogens (tertiary/aromatic N) is 3. The van der Waals surface area contributed by atoms with Gasteiger partial charge in [-0.15, -0.1) is 0 Å². The summed E-state index contributed by atoms with van der Waals surface area (Å²) in [5.41, 5.74) is 3.16. The maximum atomic E-state index is 14.2. The number of hydrogen-bond acceptors (Lipinski definition) is 4. The first-order chi connectivity index (χ1) is 17.3. The standard InChI is InChI=1S/C26H23ClF4N4O/c27-19-13-18-17-9-11-35(25-32-10-8-22(34-25)26(29,30)31)24(23(17)33-21(18)14-20(19)28)16-6-4-15(5-7-16)3-1-2-12-36/h4-8,10,13-14,24,33,36H,1-3,9,11-12H2. The van der Waals surface area contributed by atoms with Crippen LogP contribution in [0.15, 0.2) is 48.7 Å². The fraction of sp³-hybridized carbons (Fsp3) is 0.308. The average Bonchev–Trinajstić information content (AvgIpc) is 3.21. The Morgan fingerprint density at radius 2 is 1.89 bits per heavy atom. The van der Waals surface area contributed by atoms with Crippen LogP contribution >= 0.6 is 11.6 Å². The largest absolute Gasteiger partial charge is 0.433 e. The van der Waals surface area contributed by atoms with Gasteiger partial charge >= 0.3 is 6.18 Å². The number of fused-ring (bicyclic) bond motifs is 3. The van der Waals surface area contributed by atoms with Crippen molar-refractivity contribution in [3.8, 4) is 0 Å². The third-order valence-corrected chi connectivity index (χ3v) is 6.82. The van der Waals surface area contributed by atoms with Crippen LogP contribution in [0.1, 0.15) is 47.0 Å². The SMILES string of the molecule is OCCCCc1ccc(C2c3[nH]c4cc(F)c(Cl)cc4c3CCN2c2nccc(C(F)(F)F)n2)cc1. The highest BCUT2D eigenvalue weighted by Gasteiger charge is 2.37. The van der Waals surface area contributed by atoms with Gasteiger partial charge in [0.05, 0.1) is 11.1 Å². The minimum absolute atomic E-state index is 0.0109. The molecule has 0 bridgehead atoms. The molecular formula is C26H23ClF4N4O. The van der Waals surface area contributed by atoms with Gasteiger partial charge in [-0.2, -0.15) is 13.2 Å². The van der Waals surface area contributed by atoms with E-state index in [9.17, 15) is 17.6 Å². The molecule has 1 aliphatic heterocycles. The molecule has 2 aromatic heterocycles. The van der Waals surface area contributed by atoms with Crippen molar-refractivity contribution in [1.29, 1.82) is 0 Å². The second-order valence-electron chi connectivity index (χ2n) is 8.84. The number of unbranched alkanes of at least 4 members (excludes halogenated alkanes) is 1. The molecule has 3 heterocycles. The monoisotopic (exact) mass is 518 g/mol. The van der Waals surface area contributed by atoms with Crippen LogP contribution in [-0.2, 0) is 19.0 Å². The van der Waals surface area contributed by atoms with E-state index in [1.54, 1.807) is 11.0 Å². The van der Waals surface area contributed by atoms with Crippen LogP contribution in [0.2, 0.25) is 5.02 Å².